The van der Waals surface area contributed by atoms with E-state index < -0.39 is 0 Å². The van der Waals surface area contributed by atoms with Crippen LogP contribution in [0.25, 0.3) is 0 Å². The number of nitriles is 1. The summed E-state index contributed by atoms with van der Waals surface area (Å²) in [5, 5.41) is 12.4. The summed E-state index contributed by atoms with van der Waals surface area (Å²) in [6.45, 7) is 1.99. The first-order valence-corrected chi connectivity index (χ1v) is 5.81. The molecular weight excluding hydrogens is 248 g/mol. The molecular formula is C13H11ClN4. The number of hydrogen-bond donors (Lipinski definition) is 1. The molecule has 2 rings (SSSR count). The summed E-state index contributed by atoms with van der Waals surface area (Å²) in [5.41, 5.74) is 1.49. The molecule has 5 heteroatoms. The third-order valence-electron chi connectivity index (χ3n) is 2.57. The zero-order valence-electron chi connectivity index (χ0n) is 9.76. The summed E-state index contributed by atoms with van der Waals surface area (Å²) in [6.07, 6.45) is 5.02. The van der Waals surface area contributed by atoms with Gasteiger partial charge in [0, 0.05) is 18.6 Å². The first-order valence-electron chi connectivity index (χ1n) is 5.43. The standard InChI is InChI=1S/C13H11ClN4/c1-9(10-2-5-16-6-3-10)18-13-12(14)11(8-15)4-7-17-13/h2-7,9H,1H3,(H,17,18). The maximum Gasteiger partial charge on any atom is 0.146 e. The topological polar surface area (TPSA) is 61.6 Å². The largest absolute Gasteiger partial charge is 0.362 e. The van der Waals surface area contributed by atoms with Gasteiger partial charge in [-0.05, 0) is 30.7 Å². The van der Waals surface area contributed by atoms with Crippen LogP contribution in [0.4, 0.5) is 5.82 Å². The summed E-state index contributed by atoms with van der Waals surface area (Å²) in [6, 6.07) is 7.48. The van der Waals surface area contributed by atoms with Gasteiger partial charge in [-0.2, -0.15) is 5.26 Å². The van der Waals surface area contributed by atoms with Gasteiger partial charge >= 0.3 is 0 Å². The first-order chi connectivity index (χ1) is 8.72. The van der Waals surface area contributed by atoms with Gasteiger partial charge in [0.15, 0.2) is 0 Å². The minimum atomic E-state index is 0.0342. The second kappa shape index (κ2) is 5.48. The molecule has 18 heavy (non-hydrogen) atoms. The lowest BCUT2D eigenvalue weighted by molar-refractivity contribution is 0.871. The fraction of sp³-hybridized carbons (Fsp3) is 0.154. The van der Waals surface area contributed by atoms with Crippen LogP contribution in [0.5, 0.6) is 0 Å². The molecule has 0 aliphatic rings. The molecule has 2 aromatic rings. The van der Waals surface area contributed by atoms with Crippen LogP contribution in [0.3, 0.4) is 0 Å². The molecule has 0 amide bonds. The van der Waals surface area contributed by atoms with Crippen LogP contribution in [0.2, 0.25) is 5.02 Å². The summed E-state index contributed by atoms with van der Waals surface area (Å²) in [4.78, 5) is 8.11. The summed E-state index contributed by atoms with van der Waals surface area (Å²) < 4.78 is 0. The minimum Gasteiger partial charge on any atom is -0.362 e. The molecule has 1 N–H and O–H groups in total. The van der Waals surface area contributed by atoms with Gasteiger partial charge in [0.1, 0.15) is 16.9 Å². The highest BCUT2D eigenvalue weighted by atomic mass is 35.5. The van der Waals surface area contributed by atoms with Crippen molar-refractivity contribution in [3.63, 3.8) is 0 Å². The van der Waals surface area contributed by atoms with Gasteiger partial charge < -0.3 is 5.32 Å². The average Bonchev–Trinajstić information content (AvgIpc) is 2.42. The smallest absolute Gasteiger partial charge is 0.146 e. The van der Waals surface area contributed by atoms with Crippen molar-refractivity contribution in [2.75, 3.05) is 5.32 Å². The van der Waals surface area contributed by atoms with Gasteiger partial charge in [-0.25, -0.2) is 4.98 Å². The van der Waals surface area contributed by atoms with Crippen LogP contribution in [0.1, 0.15) is 24.1 Å². The number of aromatic nitrogens is 2. The van der Waals surface area contributed by atoms with Crippen molar-refractivity contribution in [1.29, 1.82) is 5.26 Å². The van der Waals surface area contributed by atoms with Crippen LogP contribution < -0.4 is 5.32 Å². The second-order valence-corrected chi connectivity index (χ2v) is 4.16. The van der Waals surface area contributed by atoms with E-state index in [9.17, 15) is 0 Å². The summed E-state index contributed by atoms with van der Waals surface area (Å²) >= 11 is 6.08. The number of pyridine rings is 2. The normalized spacial score (nSPS) is 11.6. The second-order valence-electron chi connectivity index (χ2n) is 3.78. The van der Waals surface area contributed by atoms with Crippen LogP contribution in [0.15, 0.2) is 36.8 Å². The molecule has 4 nitrogen and oxygen atoms in total. The highest BCUT2D eigenvalue weighted by Gasteiger charge is 2.11. The molecule has 0 aliphatic heterocycles. The predicted octanol–water partition coefficient (Wildman–Crippen LogP) is 3.17. The number of rotatable bonds is 3. The Morgan fingerprint density at radius 1 is 1.28 bits per heavy atom. The summed E-state index contributed by atoms with van der Waals surface area (Å²) in [7, 11) is 0. The van der Waals surface area contributed by atoms with Crippen LogP contribution in [-0.4, -0.2) is 9.97 Å². The Balaban J connectivity index is 2.23. The Hall–Kier alpha value is -2.12. The molecule has 0 aliphatic carbocycles. The van der Waals surface area contributed by atoms with E-state index in [2.05, 4.69) is 15.3 Å². The lowest BCUT2D eigenvalue weighted by Gasteiger charge is -2.15. The molecule has 0 aromatic carbocycles. The first kappa shape index (κ1) is 12.3. The number of anilines is 1. The minimum absolute atomic E-state index is 0.0342. The molecule has 0 saturated carbocycles. The quantitative estimate of drug-likeness (QED) is 0.919. The van der Waals surface area contributed by atoms with Crippen molar-refractivity contribution in [2.45, 2.75) is 13.0 Å². The Bertz CT molecular complexity index is 577. The highest BCUT2D eigenvalue weighted by Crippen LogP contribution is 2.26. The zero-order chi connectivity index (χ0) is 13.0. The number of nitrogens with one attached hydrogen (secondary N) is 1. The van der Waals surface area contributed by atoms with E-state index >= 15 is 0 Å². The van der Waals surface area contributed by atoms with Crippen molar-refractivity contribution in [2.24, 2.45) is 0 Å². The van der Waals surface area contributed by atoms with E-state index in [0.717, 1.165) is 5.56 Å². The van der Waals surface area contributed by atoms with Crippen molar-refractivity contribution in [3.8, 4) is 6.07 Å². The lowest BCUT2D eigenvalue weighted by Crippen LogP contribution is -2.08. The van der Waals surface area contributed by atoms with Crippen molar-refractivity contribution < 1.29 is 0 Å². The molecule has 1 unspecified atom stereocenters. The molecule has 0 fully saturated rings. The zero-order valence-corrected chi connectivity index (χ0v) is 10.5. The molecule has 1 atom stereocenters. The Morgan fingerprint density at radius 3 is 2.67 bits per heavy atom. The molecule has 0 spiro atoms. The fourth-order valence-electron chi connectivity index (χ4n) is 1.57. The maximum absolute atomic E-state index is 8.90. The monoisotopic (exact) mass is 258 g/mol. The predicted molar refractivity (Wildman–Crippen MR) is 70.2 cm³/mol. The third-order valence-corrected chi connectivity index (χ3v) is 2.95. The number of hydrogen-bond acceptors (Lipinski definition) is 4. The van der Waals surface area contributed by atoms with E-state index in [0.29, 0.717) is 16.4 Å². The lowest BCUT2D eigenvalue weighted by atomic mass is 10.1. The molecule has 0 saturated heterocycles. The van der Waals surface area contributed by atoms with Gasteiger partial charge in [-0.1, -0.05) is 11.6 Å². The number of halogens is 1. The molecule has 2 heterocycles. The van der Waals surface area contributed by atoms with Crippen molar-refractivity contribution in [3.05, 3.63) is 52.9 Å². The van der Waals surface area contributed by atoms with Gasteiger partial charge in [0.05, 0.1) is 11.6 Å². The molecule has 90 valence electrons. The van der Waals surface area contributed by atoms with E-state index in [1.807, 2.05) is 25.1 Å². The van der Waals surface area contributed by atoms with E-state index in [-0.39, 0.29) is 6.04 Å². The molecule has 2 aromatic heterocycles. The molecule has 0 bridgehead atoms. The fourth-order valence-corrected chi connectivity index (χ4v) is 1.78. The van der Waals surface area contributed by atoms with Gasteiger partial charge in [0.2, 0.25) is 0 Å². The van der Waals surface area contributed by atoms with Gasteiger partial charge in [0.25, 0.3) is 0 Å². The third kappa shape index (κ3) is 2.58. The van der Waals surface area contributed by atoms with Gasteiger partial charge in [-0.15, -0.1) is 0 Å². The van der Waals surface area contributed by atoms with E-state index in [1.54, 1.807) is 24.7 Å². The Morgan fingerprint density at radius 2 is 2.00 bits per heavy atom. The maximum atomic E-state index is 8.90. The SMILES string of the molecule is CC(Nc1nccc(C#N)c1Cl)c1ccncc1. The van der Waals surface area contributed by atoms with Crippen molar-refractivity contribution in [1.82, 2.24) is 9.97 Å². The van der Waals surface area contributed by atoms with Crippen LogP contribution in [0, 0.1) is 11.3 Å². The Labute approximate surface area is 110 Å². The van der Waals surface area contributed by atoms with Crippen molar-refractivity contribution >= 4 is 17.4 Å². The highest BCUT2D eigenvalue weighted by molar-refractivity contribution is 6.34. The summed E-state index contributed by atoms with van der Waals surface area (Å²) in [5.74, 6) is 0.514. The van der Waals surface area contributed by atoms with Crippen LogP contribution >= 0.6 is 11.6 Å². The van der Waals surface area contributed by atoms with Crippen LogP contribution in [-0.2, 0) is 0 Å². The van der Waals surface area contributed by atoms with E-state index in [4.69, 9.17) is 16.9 Å². The average molecular weight is 259 g/mol. The van der Waals surface area contributed by atoms with Gasteiger partial charge in [-0.3, -0.25) is 4.98 Å². The number of nitrogens with zero attached hydrogens (tertiary/aromatic N) is 3. The van der Waals surface area contributed by atoms with E-state index in [1.165, 1.54) is 0 Å². The molecule has 0 radical (unpaired) electrons. The Kier molecular flexibility index (Phi) is 3.75.